The van der Waals surface area contributed by atoms with Gasteiger partial charge in [0.15, 0.2) is 0 Å². The first kappa shape index (κ1) is 15.7. The number of fused-ring (bicyclic) bond motifs is 1. The molecule has 0 bridgehead atoms. The van der Waals surface area contributed by atoms with Gasteiger partial charge in [-0.15, -0.1) is 0 Å². The second-order valence-electron chi connectivity index (χ2n) is 5.41. The van der Waals surface area contributed by atoms with Gasteiger partial charge in [-0.1, -0.05) is 12.1 Å². The van der Waals surface area contributed by atoms with E-state index in [1.54, 1.807) is 33.1 Å². The summed E-state index contributed by atoms with van der Waals surface area (Å²) in [4.78, 5) is 32.6. The van der Waals surface area contributed by atoms with Gasteiger partial charge in [-0.25, -0.2) is 4.98 Å². The van der Waals surface area contributed by atoms with Crippen molar-refractivity contribution >= 4 is 17.6 Å². The van der Waals surface area contributed by atoms with Crippen LogP contribution in [0.4, 0.5) is 5.95 Å². The molecule has 1 amide bonds. The number of carbonyl (C=O) groups excluding carboxylic acids is 1. The molecule has 0 fully saturated rings. The highest BCUT2D eigenvalue weighted by Gasteiger charge is 2.12. The van der Waals surface area contributed by atoms with Crippen LogP contribution < -0.4 is 15.6 Å². The number of ether oxygens (including phenoxy) is 1. The van der Waals surface area contributed by atoms with Crippen LogP contribution in [0.2, 0.25) is 0 Å². The Hall–Kier alpha value is -3.16. The van der Waals surface area contributed by atoms with E-state index in [0.29, 0.717) is 11.3 Å². The number of aromatic nitrogens is 4. The van der Waals surface area contributed by atoms with Gasteiger partial charge in [-0.3, -0.25) is 20.0 Å². The second kappa shape index (κ2) is 6.15. The summed E-state index contributed by atoms with van der Waals surface area (Å²) in [6, 6.07) is 7.21. The maximum atomic E-state index is 12.1. The van der Waals surface area contributed by atoms with Crippen molar-refractivity contribution in [1.82, 2.24) is 19.6 Å². The van der Waals surface area contributed by atoms with Crippen LogP contribution in [0.1, 0.15) is 16.8 Å². The van der Waals surface area contributed by atoms with Crippen molar-refractivity contribution in [1.29, 1.82) is 0 Å². The lowest BCUT2D eigenvalue weighted by atomic mass is 10.1. The Morgan fingerprint density at radius 3 is 2.62 bits per heavy atom. The molecule has 2 heterocycles. The molecule has 3 aromatic rings. The number of nitrogens with zero attached hydrogens (tertiary/aromatic N) is 3. The molecule has 0 spiro atoms. The molecule has 2 N–H and O–H groups in total. The maximum absolute atomic E-state index is 12.1. The summed E-state index contributed by atoms with van der Waals surface area (Å²) in [6.07, 6.45) is 0.182. The number of methoxy groups -OCH3 is 1. The summed E-state index contributed by atoms with van der Waals surface area (Å²) in [7, 11) is 1.59. The third-order valence-corrected chi connectivity index (χ3v) is 3.75. The van der Waals surface area contributed by atoms with Gasteiger partial charge in [0.05, 0.1) is 13.5 Å². The molecule has 8 nitrogen and oxygen atoms in total. The van der Waals surface area contributed by atoms with Gasteiger partial charge in [0.2, 0.25) is 11.9 Å². The number of H-pyrrole nitrogens is 1. The molecule has 124 valence electrons. The van der Waals surface area contributed by atoms with Crippen LogP contribution in [-0.4, -0.2) is 32.6 Å². The Balaban J connectivity index is 1.77. The molecule has 0 saturated carbocycles. The molecule has 1 aromatic carbocycles. The lowest BCUT2D eigenvalue weighted by molar-refractivity contribution is -0.115. The summed E-state index contributed by atoms with van der Waals surface area (Å²) >= 11 is 0. The summed E-state index contributed by atoms with van der Waals surface area (Å²) < 4.78 is 6.29. The average molecular weight is 327 g/mol. The number of carbonyl (C=O) groups is 1. The van der Waals surface area contributed by atoms with Gasteiger partial charge >= 0.3 is 0 Å². The highest BCUT2D eigenvalue weighted by molar-refractivity contribution is 5.90. The zero-order valence-electron chi connectivity index (χ0n) is 13.6. The van der Waals surface area contributed by atoms with Crippen LogP contribution in [0.5, 0.6) is 5.75 Å². The minimum absolute atomic E-state index is 0.182. The summed E-state index contributed by atoms with van der Waals surface area (Å²) in [5.41, 5.74) is 1.75. The van der Waals surface area contributed by atoms with Crippen molar-refractivity contribution in [2.24, 2.45) is 0 Å². The number of anilines is 1. The SMILES string of the molecule is COc1ccc(CC(=O)Nc2nc3nc(C)c(C)c(=O)n3[nH]2)cc1. The molecule has 2 aromatic heterocycles. The Kier molecular flexibility index (Phi) is 4.03. The van der Waals surface area contributed by atoms with Crippen molar-refractivity contribution in [3.8, 4) is 5.75 Å². The number of hydrogen-bond acceptors (Lipinski definition) is 5. The third kappa shape index (κ3) is 2.98. The van der Waals surface area contributed by atoms with Crippen molar-refractivity contribution in [3.63, 3.8) is 0 Å². The smallest absolute Gasteiger partial charge is 0.277 e. The van der Waals surface area contributed by atoms with Crippen molar-refractivity contribution in [2.45, 2.75) is 20.3 Å². The number of nitrogens with one attached hydrogen (secondary N) is 2. The van der Waals surface area contributed by atoms with E-state index in [9.17, 15) is 9.59 Å². The zero-order valence-corrected chi connectivity index (χ0v) is 13.6. The van der Waals surface area contributed by atoms with Gasteiger partial charge in [0.1, 0.15) is 5.75 Å². The predicted octanol–water partition coefficient (Wildman–Crippen LogP) is 1.22. The van der Waals surface area contributed by atoms with E-state index < -0.39 is 0 Å². The number of aryl methyl sites for hydroxylation is 1. The van der Waals surface area contributed by atoms with E-state index >= 15 is 0 Å². The maximum Gasteiger partial charge on any atom is 0.277 e. The lowest BCUT2D eigenvalue weighted by Crippen LogP contribution is -2.20. The molecular formula is C16H17N5O3. The molecule has 3 rings (SSSR count). The summed E-state index contributed by atoms with van der Waals surface area (Å²) in [5, 5.41) is 5.38. The van der Waals surface area contributed by atoms with Gasteiger partial charge in [-0.05, 0) is 31.5 Å². The Morgan fingerprint density at radius 1 is 1.25 bits per heavy atom. The Labute approximate surface area is 137 Å². The third-order valence-electron chi connectivity index (χ3n) is 3.75. The molecule has 0 radical (unpaired) electrons. The number of amides is 1. The molecule has 0 aliphatic heterocycles. The van der Waals surface area contributed by atoms with E-state index in [1.807, 2.05) is 12.1 Å². The van der Waals surface area contributed by atoms with Crippen LogP contribution in [0, 0.1) is 13.8 Å². The molecule has 0 saturated heterocycles. The minimum atomic E-state index is -0.249. The van der Waals surface area contributed by atoms with E-state index in [1.165, 1.54) is 4.52 Å². The monoisotopic (exact) mass is 327 g/mol. The molecule has 0 unspecified atom stereocenters. The predicted molar refractivity (Wildman–Crippen MR) is 88.4 cm³/mol. The van der Waals surface area contributed by atoms with E-state index in [0.717, 1.165) is 11.3 Å². The zero-order chi connectivity index (χ0) is 17.3. The largest absolute Gasteiger partial charge is 0.497 e. The number of aromatic amines is 1. The fourth-order valence-electron chi connectivity index (χ4n) is 2.26. The van der Waals surface area contributed by atoms with Crippen molar-refractivity contribution in [2.75, 3.05) is 12.4 Å². The highest BCUT2D eigenvalue weighted by atomic mass is 16.5. The normalized spacial score (nSPS) is 10.8. The molecule has 0 atom stereocenters. The topological polar surface area (TPSA) is 101 Å². The van der Waals surface area contributed by atoms with Gasteiger partial charge in [-0.2, -0.15) is 9.50 Å². The number of benzene rings is 1. The first-order valence-corrected chi connectivity index (χ1v) is 7.36. The van der Waals surface area contributed by atoms with Crippen molar-refractivity contribution < 1.29 is 9.53 Å². The highest BCUT2D eigenvalue weighted by Crippen LogP contribution is 2.12. The fourth-order valence-corrected chi connectivity index (χ4v) is 2.26. The summed E-state index contributed by atoms with van der Waals surface area (Å²) in [6.45, 7) is 3.44. The van der Waals surface area contributed by atoms with Crippen molar-refractivity contribution in [3.05, 3.63) is 51.4 Å². The lowest BCUT2D eigenvalue weighted by Gasteiger charge is -2.03. The average Bonchev–Trinajstić information content (AvgIpc) is 2.95. The van der Waals surface area contributed by atoms with E-state index in [-0.39, 0.29) is 29.6 Å². The van der Waals surface area contributed by atoms with Crippen LogP contribution in [0.15, 0.2) is 29.1 Å². The molecule has 0 aliphatic rings. The molecule has 8 heteroatoms. The van der Waals surface area contributed by atoms with E-state index in [4.69, 9.17) is 4.74 Å². The van der Waals surface area contributed by atoms with Gasteiger partial charge in [0, 0.05) is 11.3 Å². The first-order valence-electron chi connectivity index (χ1n) is 7.36. The fraction of sp³-hybridized carbons (Fsp3) is 0.250. The van der Waals surface area contributed by atoms with Crippen LogP contribution in [0.25, 0.3) is 5.78 Å². The summed E-state index contributed by atoms with van der Waals surface area (Å²) in [5.74, 6) is 0.888. The minimum Gasteiger partial charge on any atom is -0.497 e. The quantitative estimate of drug-likeness (QED) is 0.750. The number of hydrogen-bond donors (Lipinski definition) is 2. The van der Waals surface area contributed by atoms with E-state index in [2.05, 4.69) is 20.4 Å². The van der Waals surface area contributed by atoms with Crippen LogP contribution in [0.3, 0.4) is 0 Å². The molecular weight excluding hydrogens is 310 g/mol. The van der Waals surface area contributed by atoms with Crippen LogP contribution >= 0.6 is 0 Å². The Morgan fingerprint density at radius 2 is 1.96 bits per heavy atom. The van der Waals surface area contributed by atoms with Gasteiger partial charge < -0.3 is 4.74 Å². The Bertz CT molecular complexity index is 956. The number of rotatable bonds is 4. The van der Waals surface area contributed by atoms with Crippen LogP contribution in [-0.2, 0) is 11.2 Å². The molecule has 24 heavy (non-hydrogen) atoms. The van der Waals surface area contributed by atoms with Gasteiger partial charge in [0.25, 0.3) is 11.3 Å². The molecule has 0 aliphatic carbocycles. The first-order chi connectivity index (χ1) is 11.5. The second-order valence-corrected chi connectivity index (χ2v) is 5.41. The standard InChI is InChI=1S/C16H17N5O3/c1-9-10(2)17-16-19-15(20-21(16)14(9)23)18-13(22)8-11-4-6-12(24-3)7-5-11/h4-7H,8H2,1-3H3,(H2,17,18,19,20,22).